The molecule has 2 amide bonds. The van der Waals surface area contributed by atoms with Crippen LogP contribution in [0.5, 0.6) is 0 Å². The molecule has 2 atom stereocenters. The van der Waals surface area contributed by atoms with Crippen LogP contribution in [-0.4, -0.2) is 74.3 Å². The molecule has 2 fully saturated rings. The Morgan fingerprint density at radius 2 is 1.95 bits per heavy atom. The fourth-order valence-electron chi connectivity index (χ4n) is 6.54. The number of imidazole rings is 1. The molecule has 10 heteroatoms. The Labute approximate surface area is 213 Å². The number of hydrogen-bond donors (Lipinski definition) is 1. The van der Waals surface area contributed by atoms with Crippen molar-refractivity contribution in [2.45, 2.75) is 31.0 Å². The highest BCUT2D eigenvalue weighted by Gasteiger charge is 2.45. The van der Waals surface area contributed by atoms with Crippen molar-refractivity contribution in [3.8, 4) is 11.3 Å². The molecule has 8 rings (SSSR count). The largest absolute Gasteiger partial charge is 0.371 e. The third-order valence-corrected chi connectivity index (χ3v) is 8.35. The third kappa shape index (κ3) is 3.05. The van der Waals surface area contributed by atoms with Crippen LogP contribution in [0.2, 0.25) is 0 Å². The fraction of sp³-hybridized carbons (Fsp3) is 0.370. The van der Waals surface area contributed by atoms with Gasteiger partial charge in [0.05, 0.1) is 23.9 Å². The van der Waals surface area contributed by atoms with Gasteiger partial charge in [-0.25, -0.2) is 24.7 Å². The van der Waals surface area contributed by atoms with E-state index in [1.54, 1.807) is 0 Å². The monoisotopic (exact) mass is 494 g/mol. The molecule has 4 aromatic rings. The molecule has 37 heavy (non-hydrogen) atoms. The quantitative estimate of drug-likeness (QED) is 0.456. The van der Waals surface area contributed by atoms with E-state index in [0.29, 0.717) is 32.3 Å². The van der Waals surface area contributed by atoms with Gasteiger partial charge in [0.2, 0.25) is 5.95 Å². The number of pyridine rings is 1. The molecule has 6 heterocycles. The lowest BCUT2D eigenvalue weighted by atomic mass is 9.91. The lowest BCUT2D eigenvalue weighted by Crippen LogP contribution is -2.52. The number of carbonyl (C=O) groups is 1. The Bertz CT molecular complexity index is 1550. The number of hydrogen-bond acceptors (Lipinski definition) is 7. The van der Waals surface area contributed by atoms with E-state index in [1.807, 2.05) is 29.4 Å². The number of nitrogens with zero attached hydrogens (tertiary/aromatic N) is 7. The molecule has 4 aliphatic rings. The summed E-state index contributed by atoms with van der Waals surface area (Å²) in [6.07, 6.45) is 5.69. The van der Waals surface area contributed by atoms with E-state index in [0.717, 1.165) is 54.2 Å². The van der Waals surface area contributed by atoms with Crippen molar-refractivity contribution in [3.63, 3.8) is 0 Å². The first kappa shape index (κ1) is 21.1. The molecule has 1 aromatic carbocycles. The van der Waals surface area contributed by atoms with E-state index in [2.05, 4.69) is 49.0 Å². The molecular weight excluding hydrogens is 468 g/mol. The van der Waals surface area contributed by atoms with Crippen LogP contribution >= 0.6 is 0 Å². The zero-order valence-electron chi connectivity index (χ0n) is 20.3. The summed E-state index contributed by atoms with van der Waals surface area (Å²) < 4.78 is 8.40. The minimum atomic E-state index is -0.274. The van der Waals surface area contributed by atoms with Gasteiger partial charge in [0.1, 0.15) is 17.9 Å². The summed E-state index contributed by atoms with van der Waals surface area (Å²) in [7, 11) is 0. The molecule has 10 nitrogen and oxygen atoms in total. The average molecular weight is 495 g/mol. The van der Waals surface area contributed by atoms with Gasteiger partial charge >= 0.3 is 6.03 Å². The second kappa shape index (κ2) is 7.72. The molecule has 3 aromatic heterocycles. The number of amides is 2. The SMILES string of the molecule is O=C1NC[C@H]2CN(c3ncc(-c4ccc5nc6n(c5n4)C4(CCc5ccccc54)COC6)cn3)CCN12. The topological polar surface area (TPSA) is 101 Å². The minimum absolute atomic E-state index is 0.0267. The van der Waals surface area contributed by atoms with Gasteiger partial charge in [-0.15, -0.1) is 0 Å². The number of fused-ring (bicyclic) bond motifs is 7. The summed E-state index contributed by atoms with van der Waals surface area (Å²) >= 11 is 0. The molecule has 3 aliphatic heterocycles. The molecule has 0 saturated carbocycles. The predicted octanol–water partition coefficient (Wildman–Crippen LogP) is 2.32. The minimum Gasteiger partial charge on any atom is -0.371 e. The number of piperazine rings is 1. The number of urea groups is 1. The normalized spacial score (nSPS) is 24.3. The smallest absolute Gasteiger partial charge is 0.317 e. The van der Waals surface area contributed by atoms with Crippen molar-refractivity contribution in [2.75, 3.05) is 37.7 Å². The second-order valence-electron chi connectivity index (χ2n) is 10.3. The number of ether oxygens (including phenoxy) is 1. The highest BCUT2D eigenvalue weighted by molar-refractivity contribution is 5.78. The number of carbonyl (C=O) groups excluding carboxylic acids is 1. The Hall–Kier alpha value is -4.05. The first-order chi connectivity index (χ1) is 18.2. The highest BCUT2D eigenvalue weighted by Crippen LogP contribution is 2.45. The molecule has 186 valence electrons. The maximum Gasteiger partial charge on any atom is 0.317 e. The van der Waals surface area contributed by atoms with E-state index in [4.69, 9.17) is 14.7 Å². The van der Waals surface area contributed by atoms with Crippen molar-refractivity contribution in [1.82, 2.24) is 34.7 Å². The van der Waals surface area contributed by atoms with Gasteiger partial charge in [-0.2, -0.15) is 0 Å². The molecule has 1 N–H and O–H groups in total. The first-order valence-corrected chi connectivity index (χ1v) is 12.9. The third-order valence-electron chi connectivity index (χ3n) is 8.35. The van der Waals surface area contributed by atoms with Crippen LogP contribution < -0.4 is 10.2 Å². The number of aromatic nitrogens is 5. The second-order valence-corrected chi connectivity index (χ2v) is 10.3. The van der Waals surface area contributed by atoms with Crippen molar-refractivity contribution < 1.29 is 9.53 Å². The molecular formula is C27H26N8O2. The summed E-state index contributed by atoms with van der Waals surface area (Å²) in [5.41, 5.74) is 5.86. The van der Waals surface area contributed by atoms with Crippen LogP contribution in [0.3, 0.4) is 0 Å². The molecule has 0 bridgehead atoms. The molecule has 0 radical (unpaired) electrons. The van der Waals surface area contributed by atoms with Crippen LogP contribution in [0.15, 0.2) is 48.8 Å². The lowest BCUT2D eigenvalue weighted by Gasteiger charge is -2.37. The van der Waals surface area contributed by atoms with Crippen LogP contribution in [0, 0.1) is 0 Å². The van der Waals surface area contributed by atoms with Gasteiger partial charge < -0.3 is 19.9 Å². The first-order valence-electron chi connectivity index (χ1n) is 12.9. The highest BCUT2D eigenvalue weighted by atomic mass is 16.5. The Balaban J connectivity index is 1.14. The number of benzene rings is 1. The van der Waals surface area contributed by atoms with Gasteiger partial charge in [0, 0.05) is 44.1 Å². The summed E-state index contributed by atoms with van der Waals surface area (Å²) in [6.45, 7) is 3.92. The van der Waals surface area contributed by atoms with Gasteiger partial charge in [0.15, 0.2) is 5.65 Å². The lowest BCUT2D eigenvalue weighted by molar-refractivity contribution is 0.0225. The average Bonchev–Trinajstić information content (AvgIpc) is 3.63. The van der Waals surface area contributed by atoms with Crippen molar-refractivity contribution in [1.29, 1.82) is 0 Å². The van der Waals surface area contributed by atoms with Crippen molar-refractivity contribution in [3.05, 3.63) is 65.7 Å². The zero-order chi connectivity index (χ0) is 24.6. The number of aryl methyl sites for hydroxylation is 1. The number of nitrogens with one attached hydrogen (secondary N) is 1. The van der Waals surface area contributed by atoms with Crippen LogP contribution in [0.25, 0.3) is 22.4 Å². The van der Waals surface area contributed by atoms with Crippen molar-refractivity contribution >= 4 is 23.1 Å². The molecule has 1 aliphatic carbocycles. The number of anilines is 1. The van der Waals surface area contributed by atoms with Gasteiger partial charge in [-0.05, 0) is 36.1 Å². The van der Waals surface area contributed by atoms with Gasteiger partial charge in [0.25, 0.3) is 0 Å². The van der Waals surface area contributed by atoms with Crippen LogP contribution in [0.1, 0.15) is 23.4 Å². The van der Waals surface area contributed by atoms with Crippen molar-refractivity contribution in [2.24, 2.45) is 0 Å². The standard InChI is InChI=1S/C27H26N8O2/c36-26-30-13-19-14-33(9-10-34(19)26)25-28-11-18(12-29-25)21-5-6-22-24(32-21)35-23(31-22)15-37-16-27(35)8-7-17-3-1-2-4-20(17)27/h1-6,11-12,19H,7-10,13-16H2,(H,30,36)/t19-,27?/m0/s1. The Morgan fingerprint density at radius 1 is 1.05 bits per heavy atom. The van der Waals surface area contributed by atoms with E-state index >= 15 is 0 Å². The van der Waals surface area contributed by atoms with Crippen LogP contribution in [-0.2, 0) is 23.3 Å². The Kier molecular flexibility index (Phi) is 4.40. The summed E-state index contributed by atoms with van der Waals surface area (Å²) in [6, 6.07) is 12.9. The van der Waals surface area contributed by atoms with E-state index in [9.17, 15) is 4.79 Å². The Morgan fingerprint density at radius 3 is 2.86 bits per heavy atom. The maximum absolute atomic E-state index is 11.9. The van der Waals surface area contributed by atoms with E-state index < -0.39 is 0 Å². The molecule has 2 saturated heterocycles. The number of rotatable bonds is 2. The predicted molar refractivity (Wildman–Crippen MR) is 136 cm³/mol. The summed E-state index contributed by atoms with van der Waals surface area (Å²) in [5, 5.41) is 2.92. The molecule has 1 unspecified atom stereocenters. The van der Waals surface area contributed by atoms with Gasteiger partial charge in [-0.1, -0.05) is 24.3 Å². The fourth-order valence-corrected chi connectivity index (χ4v) is 6.54. The molecule has 1 spiro atoms. The maximum atomic E-state index is 11.9. The van der Waals surface area contributed by atoms with E-state index in [1.165, 1.54) is 11.1 Å². The van der Waals surface area contributed by atoms with Crippen LogP contribution in [0.4, 0.5) is 10.7 Å². The van der Waals surface area contributed by atoms with E-state index in [-0.39, 0.29) is 17.6 Å². The van der Waals surface area contributed by atoms with Gasteiger partial charge in [-0.3, -0.25) is 4.57 Å². The zero-order valence-corrected chi connectivity index (χ0v) is 20.3. The summed E-state index contributed by atoms with van der Waals surface area (Å²) in [5.74, 6) is 1.61. The summed E-state index contributed by atoms with van der Waals surface area (Å²) in [4.78, 5) is 35.3.